The van der Waals surface area contributed by atoms with Gasteiger partial charge in [-0.05, 0) is 52.0 Å². The minimum absolute atomic E-state index is 0.380. The Balaban J connectivity index is 0.000000396. The number of benzene rings is 1. The highest BCUT2D eigenvalue weighted by Crippen LogP contribution is 2.19. The van der Waals surface area contributed by atoms with E-state index in [-0.39, 0.29) is 0 Å². The van der Waals surface area contributed by atoms with Gasteiger partial charge in [0.25, 0.3) is 0 Å². The molecule has 0 aliphatic rings. The van der Waals surface area contributed by atoms with E-state index >= 15 is 0 Å². The molecule has 0 atom stereocenters. The standard InChI is InChI=1S/C7H9BO4.C6H14O2/c1-11-6-2-4-7(5-3-6)12-8(9)10;1-5(2,7)6(3,4)8/h2-5,9-10H,1H3;7-8H,1-4H3. The van der Waals surface area contributed by atoms with E-state index in [1.54, 1.807) is 59.1 Å². The lowest BCUT2D eigenvalue weighted by atomic mass is 9.90. The highest BCUT2D eigenvalue weighted by atomic mass is 16.6. The first-order valence-electron chi connectivity index (χ1n) is 6.09. The molecule has 0 aliphatic carbocycles. The van der Waals surface area contributed by atoms with Crippen LogP contribution in [0.1, 0.15) is 27.7 Å². The van der Waals surface area contributed by atoms with E-state index in [4.69, 9.17) is 25.0 Å². The minimum atomic E-state index is -1.78. The van der Waals surface area contributed by atoms with Crippen molar-refractivity contribution in [2.24, 2.45) is 0 Å². The van der Waals surface area contributed by atoms with Crippen molar-refractivity contribution in [3.8, 4) is 11.5 Å². The van der Waals surface area contributed by atoms with Crippen molar-refractivity contribution in [1.29, 1.82) is 0 Å². The predicted molar refractivity (Wildman–Crippen MR) is 76.4 cm³/mol. The summed E-state index contributed by atoms with van der Waals surface area (Å²) in [7, 11) is -0.227. The van der Waals surface area contributed by atoms with E-state index in [1.165, 1.54) is 0 Å². The van der Waals surface area contributed by atoms with Gasteiger partial charge in [-0.1, -0.05) is 0 Å². The summed E-state index contributed by atoms with van der Waals surface area (Å²) in [5.74, 6) is 1.07. The van der Waals surface area contributed by atoms with Crippen LogP contribution in [-0.2, 0) is 0 Å². The molecule has 0 radical (unpaired) electrons. The highest BCUT2D eigenvalue weighted by molar-refractivity contribution is 6.33. The van der Waals surface area contributed by atoms with E-state index in [0.717, 1.165) is 0 Å². The van der Waals surface area contributed by atoms with Crippen LogP contribution in [0.4, 0.5) is 0 Å². The van der Waals surface area contributed by atoms with Gasteiger partial charge in [0.05, 0.1) is 18.3 Å². The molecule has 7 heteroatoms. The van der Waals surface area contributed by atoms with E-state index < -0.39 is 18.5 Å². The van der Waals surface area contributed by atoms with Crippen molar-refractivity contribution in [2.45, 2.75) is 38.9 Å². The molecule has 0 heterocycles. The van der Waals surface area contributed by atoms with Crippen LogP contribution >= 0.6 is 0 Å². The maximum Gasteiger partial charge on any atom is 0.707 e. The number of rotatable bonds is 4. The second kappa shape index (κ2) is 7.49. The fraction of sp³-hybridized carbons (Fsp3) is 0.538. The third-order valence-corrected chi connectivity index (χ3v) is 2.80. The van der Waals surface area contributed by atoms with Crippen LogP contribution in [0, 0.1) is 0 Å². The molecule has 0 aromatic heterocycles. The lowest BCUT2D eigenvalue weighted by Crippen LogP contribution is -2.44. The van der Waals surface area contributed by atoms with Crippen molar-refractivity contribution in [3.05, 3.63) is 24.3 Å². The van der Waals surface area contributed by atoms with Gasteiger partial charge in [-0.25, -0.2) is 0 Å². The second-order valence-corrected chi connectivity index (χ2v) is 5.24. The molecule has 6 nitrogen and oxygen atoms in total. The lowest BCUT2D eigenvalue weighted by molar-refractivity contribution is -0.107. The molecule has 0 aliphatic heterocycles. The Bertz CT molecular complexity index is 365. The average molecular weight is 286 g/mol. The van der Waals surface area contributed by atoms with Crippen molar-refractivity contribution in [3.63, 3.8) is 0 Å². The summed E-state index contributed by atoms with van der Waals surface area (Å²) in [6.07, 6.45) is 0. The van der Waals surface area contributed by atoms with Gasteiger partial charge in [0.2, 0.25) is 0 Å². The number of aliphatic hydroxyl groups is 2. The monoisotopic (exact) mass is 286 g/mol. The van der Waals surface area contributed by atoms with E-state index in [2.05, 4.69) is 4.65 Å². The molecule has 0 saturated heterocycles. The zero-order valence-corrected chi connectivity index (χ0v) is 12.5. The van der Waals surface area contributed by atoms with E-state index in [0.29, 0.717) is 11.5 Å². The Morgan fingerprint density at radius 3 is 1.45 bits per heavy atom. The van der Waals surface area contributed by atoms with Crippen LogP contribution in [0.5, 0.6) is 11.5 Å². The van der Waals surface area contributed by atoms with Gasteiger partial charge in [0.15, 0.2) is 0 Å². The van der Waals surface area contributed by atoms with Gasteiger partial charge in [-0.2, -0.15) is 0 Å². The molecule has 4 N–H and O–H groups in total. The average Bonchev–Trinajstić information content (AvgIpc) is 2.27. The van der Waals surface area contributed by atoms with Crippen LogP contribution in [0.25, 0.3) is 0 Å². The van der Waals surface area contributed by atoms with Crippen molar-refractivity contribution in [1.82, 2.24) is 0 Å². The topological polar surface area (TPSA) is 99.4 Å². The van der Waals surface area contributed by atoms with Crippen LogP contribution < -0.4 is 9.39 Å². The zero-order valence-electron chi connectivity index (χ0n) is 12.5. The molecule has 1 aromatic rings. The Morgan fingerprint density at radius 2 is 1.20 bits per heavy atom. The quantitative estimate of drug-likeness (QED) is 0.604. The number of ether oxygens (including phenoxy) is 1. The fourth-order valence-corrected chi connectivity index (χ4v) is 0.776. The molecule has 0 amide bonds. The molecule has 0 saturated carbocycles. The molecule has 20 heavy (non-hydrogen) atoms. The summed E-state index contributed by atoms with van der Waals surface area (Å²) < 4.78 is 9.46. The Hall–Kier alpha value is -1.28. The van der Waals surface area contributed by atoms with Crippen LogP contribution in [-0.4, -0.2) is 45.9 Å². The molecule has 0 bridgehead atoms. The third-order valence-electron chi connectivity index (χ3n) is 2.80. The molecule has 0 spiro atoms. The van der Waals surface area contributed by atoms with Gasteiger partial charge in [-0.15, -0.1) is 0 Å². The predicted octanol–water partition coefficient (Wildman–Crippen LogP) is 0.572. The molecule has 0 unspecified atom stereocenters. The minimum Gasteiger partial charge on any atom is -0.512 e. The number of methoxy groups -OCH3 is 1. The lowest BCUT2D eigenvalue weighted by Gasteiger charge is -2.31. The number of hydrogen-bond acceptors (Lipinski definition) is 6. The van der Waals surface area contributed by atoms with Crippen LogP contribution in [0.15, 0.2) is 24.3 Å². The first-order valence-corrected chi connectivity index (χ1v) is 6.09. The Labute approximate surface area is 119 Å². The van der Waals surface area contributed by atoms with Crippen LogP contribution in [0.3, 0.4) is 0 Å². The first kappa shape index (κ1) is 18.7. The zero-order chi connectivity index (χ0) is 16.0. The Morgan fingerprint density at radius 1 is 0.850 bits per heavy atom. The first-order chi connectivity index (χ1) is 8.97. The number of hydrogen-bond donors (Lipinski definition) is 4. The van der Waals surface area contributed by atoms with E-state index in [9.17, 15) is 0 Å². The molecular weight excluding hydrogens is 263 g/mol. The SMILES string of the molecule is CC(C)(O)C(C)(C)O.COc1ccc(OB(O)O)cc1. The maximum atomic E-state index is 9.10. The van der Waals surface area contributed by atoms with E-state index in [1.807, 2.05) is 0 Å². The normalized spacial score (nSPS) is 11.2. The molecular formula is C13H23BO6. The summed E-state index contributed by atoms with van der Waals surface area (Å²) in [4.78, 5) is 0. The fourth-order valence-electron chi connectivity index (χ4n) is 0.776. The van der Waals surface area contributed by atoms with Gasteiger partial charge >= 0.3 is 7.32 Å². The molecule has 1 aromatic carbocycles. The third kappa shape index (κ3) is 7.35. The Kier molecular flexibility index (Phi) is 7.01. The summed E-state index contributed by atoms with van der Waals surface area (Å²) in [5, 5.41) is 35.1. The van der Waals surface area contributed by atoms with Gasteiger partial charge < -0.3 is 29.7 Å². The molecule has 114 valence electrons. The maximum absolute atomic E-state index is 9.10. The summed E-state index contributed by atoms with van der Waals surface area (Å²) >= 11 is 0. The summed E-state index contributed by atoms with van der Waals surface area (Å²) in [5.41, 5.74) is -2.01. The van der Waals surface area contributed by atoms with Crippen molar-refractivity contribution < 1.29 is 29.7 Å². The van der Waals surface area contributed by atoms with Crippen molar-refractivity contribution >= 4 is 7.32 Å². The molecule has 1 rings (SSSR count). The summed E-state index contributed by atoms with van der Waals surface area (Å²) in [6.45, 7) is 6.31. The molecule has 0 fully saturated rings. The van der Waals surface area contributed by atoms with Gasteiger partial charge in [0.1, 0.15) is 11.5 Å². The second-order valence-electron chi connectivity index (χ2n) is 5.24. The van der Waals surface area contributed by atoms with Gasteiger partial charge in [-0.3, -0.25) is 0 Å². The van der Waals surface area contributed by atoms with Crippen molar-refractivity contribution in [2.75, 3.05) is 7.11 Å². The largest absolute Gasteiger partial charge is 0.707 e. The van der Waals surface area contributed by atoms with Gasteiger partial charge in [0, 0.05) is 0 Å². The summed E-state index contributed by atoms with van der Waals surface area (Å²) in [6, 6.07) is 6.49. The van der Waals surface area contributed by atoms with Crippen LogP contribution in [0.2, 0.25) is 0 Å². The highest BCUT2D eigenvalue weighted by Gasteiger charge is 2.31. The smallest absolute Gasteiger partial charge is 0.512 e.